The molecule has 2 aromatic heterocycles. The topological polar surface area (TPSA) is 94.1 Å². The first-order valence-electron chi connectivity index (χ1n) is 11.7. The summed E-state index contributed by atoms with van der Waals surface area (Å²) < 4.78 is 12.2. The van der Waals surface area contributed by atoms with Gasteiger partial charge in [0.25, 0.3) is 0 Å². The van der Waals surface area contributed by atoms with Crippen LogP contribution in [0.15, 0.2) is 36.4 Å². The number of halogens is 1. The van der Waals surface area contributed by atoms with Crippen molar-refractivity contribution in [3.05, 3.63) is 53.3 Å². The summed E-state index contributed by atoms with van der Waals surface area (Å²) in [7, 11) is 1.68. The van der Waals surface area contributed by atoms with Crippen LogP contribution in [0, 0.1) is 6.92 Å². The van der Waals surface area contributed by atoms with E-state index in [9.17, 15) is 0 Å². The molecule has 2 N–H and O–H groups in total. The number of rotatable bonds is 9. The van der Waals surface area contributed by atoms with Gasteiger partial charge in [-0.2, -0.15) is 15.0 Å². The van der Waals surface area contributed by atoms with E-state index < -0.39 is 0 Å². The fourth-order valence-electron chi connectivity index (χ4n) is 4.06. The lowest BCUT2D eigenvalue weighted by Crippen LogP contribution is -2.21. The third-order valence-electron chi connectivity index (χ3n) is 5.78. The number of nitrogens with zero attached hydrogens (tertiary/aromatic N) is 4. The van der Waals surface area contributed by atoms with Gasteiger partial charge in [0.05, 0.1) is 12.8 Å². The Bertz CT molecular complexity index is 1090. The molecular weight excluding hydrogens is 543 g/mol. The van der Waals surface area contributed by atoms with Gasteiger partial charge in [0.1, 0.15) is 12.4 Å². The van der Waals surface area contributed by atoms with Crippen molar-refractivity contribution in [2.45, 2.75) is 62.5 Å². The summed E-state index contributed by atoms with van der Waals surface area (Å²) in [5.74, 6) is 1.82. The molecule has 0 unspecified atom stereocenters. The lowest BCUT2D eigenvalue weighted by molar-refractivity contribution is 0.276. The summed E-state index contributed by atoms with van der Waals surface area (Å²) in [4.78, 5) is 18.2. The first kappa shape index (κ1) is 24.4. The van der Waals surface area contributed by atoms with Gasteiger partial charge >= 0.3 is 6.01 Å². The highest BCUT2D eigenvalue weighted by molar-refractivity contribution is 14.1. The minimum atomic E-state index is 0.263. The quantitative estimate of drug-likeness (QED) is 0.183. The molecule has 0 bridgehead atoms. The fraction of sp³-hybridized carbons (Fsp3) is 0.440. The number of methoxy groups -OCH3 is 1. The zero-order valence-electron chi connectivity index (χ0n) is 19.7. The summed E-state index contributed by atoms with van der Waals surface area (Å²) in [5, 5.41) is 6.83. The third-order valence-corrected chi connectivity index (χ3v) is 6.60. The predicted octanol–water partition coefficient (Wildman–Crippen LogP) is 5.98. The molecule has 0 aliphatic heterocycles. The summed E-state index contributed by atoms with van der Waals surface area (Å²) in [5.41, 5.74) is 3.75. The van der Waals surface area contributed by atoms with Crippen LogP contribution < -0.4 is 20.1 Å². The zero-order valence-corrected chi connectivity index (χ0v) is 21.8. The number of benzene rings is 1. The Morgan fingerprint density at radius 1 is 0.971 bits per heavy atom. The Morgan fingerprint density at radius 3 is 2.50 bits per heavy atom. The number of pyridine rings is 1. The first-order chi connectivity index (χ1) is 16.6. The molecule has 1 fully saturated rings. The lowest BCUT2D eigenvalue weighted by atomic mass is 10.1. The average Bonchev–Trinajstić information content (AvgIpc) is 3.11. The molecule has 1 saturated carbocycles. The van der Waals surface area contributed by atoms with Gasteiger partial charge in [-0.05, 0) is 50.1 Å². The van der Waals surface area contributed by atoms with Crippen molar-refractivity contribution in [2.75, 3.05) is 17.7 Å². The fourth-order valence-corrected chi connectivity index (χ4v) is 4.65. The molecule has 2 heterocycles. The Morgan fingerprint density at radius 2 is 1.76 bits per heavy atom. The van der Waals surface area contributed by atoms with E-state index in [1.807, 2.05) is 43.3 Å². The van der Waals surface area contributed by atoms with E-state index in [0.29, 0.717) is 17.9 Å². The molecule has 180 valence electrons. The molecule has 1 aliphatic rings. The molecule has 34 heavy (non-hydrogen) atoms. The average molecular weight is 574 g/mol. The maximum atomic E-state index is 5.94. The molecule has 0 spiro atoms. The van der Waals surface area contributed by atoms with Gasteiger partial charge in [0.2, 0.25) is 11.9 Å². The van der Waals surface area contributed by atoms with E-state index in [4.69, 9.17) is 9.47 Å². The summed E-state index contributed by atoms with van der Waals surface area (Å²) >= 11 is 2.33. The molecule has 4 rings (SSSR count). The van der Waals surface area contributed by atoms with Crippen LogP contribution in [-0.2, 0) is 11.0 Å². The molecule has 0 radical (unpaired) electrons. The SMILES string of the molecule is COc1ccc(Nc2nc(NC3CCCCCC3)nc(OCc3cccc(C)n3)n2)cc1CI. The van der Waals surface area contributed by atoms with Crippen LogP contribution in [0.1, 0.15) is 55.5 Å². The van der Waals surface area contributed by atoms with Crippen LogP contribution in [0.3, 0.4) is 0 Å². The third kappa shape index (κ3) is 6.91. The number of hydrogen-bond donors (Lipinski definition) is 2. The Kier molecular flexibility index (Phi) is 8.73. The van der Waals surface area contributed by atoms with E-state index in [-0.39, 0.29) is 12.6 Å². The van der Waals surface area contributed by atoms with Crippen molar-refractivity contribution in [3.63, 3.8) is 0 Å². The zero-order chi connectivity index (χ0) is 23.8. The van der Waals surface area contributed by atoms with Gasteiger partial charge in [-0.25, -0.2) is 0 Å². The monoisotopic (exact) mass is 574 g/mol. The van der Waals surface area contributed by atoms with Gasteiger partial charge in [0.15, 0.2) is 0 Å². The number of anilines is 3. The van der Waals surface area contributed by atoms with Crippen molar-refractivity contribution in [3.8, 4) is 11.8 Å². The standard InChI is InChI=1S/C25H31IN6O2/c1-17-8-7-11-21(27-17)16-34-25-31-23(28-19-9-5-3-4-6-10-19)30-24(32-25)29-20-12-13-22(33-2)18(14-20)15-26/h7-8,11-14,19H,3-6,9-10,15-16H2,1-2H3,(H2,28,29,30,31,32). The van der Waals surface area contributed by atoms with E-state index in [2.05, 4.69) is 53.2 Å². The number of aryl methyl sites for hydroxylation is 1. The molecule has 1 aromatic carbocycles. The van der Waals surface area contributed by atoms with E-state index >= 15 is 0 Å². The predicted molar refractivity (Wildman–Crippen MR) is 142 cm³/mol. The van der Waals surface area contributed by atoms with Crippen LogP contribution >= 0.6 is 22.6 Å². The van der Waals surface area contributed by atoms with Crippen LogP contribution in [0.25, 0.3) is 0 Å². The Balaban J connectivity index is 1.56. The molecule has 3 aromatic rings. The minimum Gasteiger partial charge on any atom is -0.496 e. The van der Waals surface area contributed by atoms with E-state index in [0.717, 1.165) is 45.7 Å². The van der Waals surface area contributed by atoms with Crippen LogP contribution in [0.2, 0.25) is 0 Å². The Labute approximate surface area is 214 Å². The highest BCUT2D eigenvalue weighted by atomic mass is 127. The summed E-state index contributed by atoms with van der Waals surface area (Å²) in [6, 6.07) is 12.4. The van der Waals surface area contributed by atoms with Gasteiger partial charge in [-0.15, -0.1) is 0 Å². The van der Waals surface area contributed by atoms with Gasteiger partial charge < -0.3 is 20.1 Å². The maximum Gasteiger partial charge on any atom is 0.323 e. The number of ether oxygens (including phenoxy) is 2. The van der Waals surface area contributed by atoms with Crippen LogP contribution in [0.4, 0.5) is 17.6 Å². The normalized spacial score (nSPS) is 14.3. The second-order valence-corrected chi connectivity index (χ2v) is 9.21. The smallest absolute Gasteiger partial charge is 0.323 e. The van der Waals surface area contributed by atoms with Gasteiger partial charge in [0, 0.05) is 27.4 Å². The highest BCUT2D eigenvalue weighted by Crippen LogP contribution is 2.27. The van der Waals surface area contributed by atoms with E-state index in [1.54, 1.807) is 7.11 Å². The lowest BCUT2D eigenvalue weighted by Gasteiger charge is -2.17. The molecule has 8 nitrogen and oxygen atoms in total. The van der Waals surface area contributed by atoms with Crippen LogP contribution in [0.5, 0.6) is 11.8 Å². The first-order valence-corrected chi connectivity index (χ1v) is 13.2. The van der Waals surface area contributed by atoms with Gasteiger partial charge in [-0.3, -0.25) is 4.98 Å². The second kappa shape index (κ2) is 12.1. The van der Waals surface area contributed by atoms with Crippen molar-refractivity contribution in [1.82, 2.24) is 19.9 Å². The molecule has 0 amide bonds. The van der Waals surface area contributed by atoms with Crippen molar-refractivity contribution in [1.29, 1.82) is 0 Å². The Hall–Kier alpha value is -2.69. The molecule has 0 atom stereocenters. The van der Waals surface area contributed by atoms with Gasteiger partial charge in [-0.1, -0.05) is 54.3 Å². The molecule has 0 saturated heterocycles. The number of nitrogens with one attached hydrogen (secondary N) is 2. The minimum absolute atomic E-state index is 0.263. The van der Waals surface area contributed by atoms with Crippen molar-refractivity contribution >= 4 is 40.2 Å². The molecular formula is C25H31IN6O2. The maximum absolute atomic E-state index is 5.94. The number of alkyl halides is 1. The number of aromatic nitrogens is 4. The molecule has 9 heteroatoms. The van der Waals surface area contributed by atoms with E-state index in [1.165, 1.54) is 25.7 Å². The van der Waals surface area contributed by atoms with Crippen LogP contribution in [-0.4, -0.2) is 33.1 Å². The molecule has 1 aliphatic carbocycles. The largest absolute Gasteiger partial charge is 0.496 e. The number of hydrogen-bond acceptors (Lipinski definition) is 8. The van der Waals surface area contributed by atoms with Crippen molar-refractivity contribution in [2.24, 2.45) is 0 Å². The van der Waals surface area contributed by atoms with Crippen molar-refractivity contribution < 1.29 is 9.47 Å². The second-order valence-electron chi connectivity index (χ2n) is 8.44. The highest BCUT2D eigenvalue weighted by Gasteiger charge is 2.16. The summed E-state index contributed by atoms with van der Waals surface area (Å²) in [6.07, 6.45) is 7.26. The summed E-state index contributed by atoms with van der Waals surface area (Å²) in [6.45, 7) is 2.25.